The second-order valence-electron chi connectivity index (χ2n) is 1.96. The maximum atomic E-state index is 3.91. The average molecular weight is 150 g/mol. The van der Waals surface area contributed by atoms with Gasteiger partial charge in [0.05, 0.1) is 11.2 Å². The maximum Gasteiger partial charge on any atom is 0.0850 e. The fourth-order valence-electron chi connectivity index (χ4n) is 0.841. The Kier molecular flexibility index (Phi) is 1.36. The van der Waals surface area contributed by atoms with Crippen molar-refractivity contribution in [3.63, 3.8) is 0 Å². The number of nitrogens with one attached hydrogen (secondary N) is 1. The van der Waals surface area contributed by atoms with Gasteiger partial charge in [-0.1, -0.05) is 23.9 Å². The lowest BCUT2D eigenvalue weighted by atomic mass is 10.3. The van der Waals surface area contributed by atoms with E-state index in [9.17, 15) is 0 Å². The summed E-state index contributed by atoms with van der Waals surface area (Å²) in [5, 5.41) is 3.91. The predicted octanol–water partition coefficient (Wildman–Crippen LogP) is 2.15. The highest BCUT2D eigenvalue weighted by molar-refractivity contribution is 8.12. The van der Waals surface area contributed by atoms with Crippen LogP contribution in [0, 0.1) is 0 Å². The van der Waals surface area contributed by atoms with Crippen LogP contribution in [0.4, 0.5) is 5.69 Å². The Hall–Kier alpha value is -0.960. The normalized spacial score (nSPS) is 14.0. The highest BCUT2D eigenvalue weighted by Gasteiger charge is 2.02. The van der Waals surface area contributed by atoms with E-state index < -0.39 is 0 Å². The number of hydrazone groups is 1. The van der Waals surface area contributed by atoms with Crippen molar-refractivity contribution in [1.82, 2.24) is 0 Å². The highest BCUT2D eigenvalue weighted by Crippen LogP contribution is 2.27. The molecule has 2 nitrogen and oxygen atoms in total. The van der Waals surface area contributed by atoms with Crippen LogP contribution in [-0.4, -0.2) is 5.55 Å². The number of benzene rings is 1. The van der Waals surface area contributed by atoms with Crippen LogP contribution >= 0.6 is 11.8 Å². The zero-order valence-corrected chi connectivity index (χ0v) is 6.06. The van der Waals surface area contributed by atoms with Gasteiger partial charge in [0.25, 0.3) is 0 Å². The van der Waals surface area contributed by atoms with E-state index in [1.54, 1.807) is 17.3 Å². The van der Waals surface area contributed by atoms with Crippen molar-refractivity contribution in [2.45, 2.75) is 4.90 Å². The fraction of sp³-hybridized carbons (Fsp3) is 0. The Morgan fingerprint density at radius 3 is 3.10 bits per heavy atom. The summed E-state index contributed by atoms with van der Waals surface area (Å²) in [5.41, 5.74) is 5.80. The monoisotopic (exact) mass is 150 g/mol. The van der Waals surface area contributed by atoms with Crippen molar-refractivity contribution >= 4 is 23.0 Å². The first-order valence-electron chi connectivity index (χ1n) is 3.00. The van der Waals surface area contributed by atoms with E-state index >= 15 is 0 Å². The second-order valence-corrected chi connectivity index (χ2v) is 2.85. The Morgan fingerprint density at radius 1 is 1.30 bits per heavy atom. The Labute approximate surface area is 63.3 Å². The predicted molar refractivity (Wildman–Crippen MR) is 44.4 cm³/mol. The number of nitrogens with zero attached hydrogens (tertiary/aromatic N) is 1. The molecule has 3 heteroatoms. The number of rotatable bonds is 0. The number of hydrogen-bond acceptors (Lipinski definition) is 3. The summed E-state index contributed by atoms with van der Waals surface area (Å²) in [5.74, 6) is 0. The lowest BCUT2D eigenvalue weighted by Crippen LogP contribution is -1.94. The number of anilines is 1. The van der Waals surface area contributed by atoms with E-state index in [0.717, 1.165) is 5.69 Å². The molecule has 0 aromatic heterocycles. The SMILES string of the molecule is C1=NNc2ccccc2S1. The van der Waals surface area contributed by atoms with E-state index in [1.165, 1.54) is 4.90 Å². The summed E-state index contributed by atoms with van der Waals surface area (Å²) in [7, 11) is 0. The zero-order valence-electron chi connectivity index (χ0n) is 5.24. The average Bonchev–Trinajstić information content (AvgIpc) is 2.05. The Balaban J connectivity index is 2.47. The molecule has 0 radical (unpaired) electrons. The van der Waals surface area contributed by atoms with E-state index in [1.807, 2.05) is 18.2 Å². The van der Waals surface area contributed by atoms with Gasteiger partial charge in [-0.3, -0.25) is 5.43 Å². The molecule has 1 aliphatic rings. The molecule has 0 spiro atoms. The van der Waals surface area contributed by atoms with Crippen LogP contribution < -0.4 is 5.43 Å². The van der Waals surface area contributed by atoms with Crippen LogP contribution in [0.5, 0.6) is 0 Å². The van der Waals surface area contributed by atoms with E-state index in [-0.39, 0.29) is 0 Å². The van der Waals surface area contributed by atoms with E-state index in [0.29, 0.717) is 0 Å². The van der Waals surface area contributed by atoms with Crippen molar-refractivity contribution in [2.75, 3.05) is 5.43 Å². The van der Waals surface area contributed by atoms with Crippen LogP contribution in [0.1, 0.15) is 0 Å². The molecule has 1 heterocycles. The van der Waals surface area contributed by atoms with Gasteiger partial charge in [-0.2, -0.15) is 5.10 Å². The molecule has 1 N–H and O–H groups in total. The molecule has 1 aliphatic heterocycles. The van der Waals surface area contributed by atoms with Crippen LogP contribution in [0.3, 0.4) is 0 Å². The van der Waals surface area contributed by atoms with Crippen LogP contribution in [0.2, 0.25) is 0 Å². The molecule has 0 saturated carbocycles. The standard InChI is InChI=1S/C7H6N2S/c1-2-4-7-6(3-1)9-8-5-10-7/h1-5,9H. The zero-order chi connectivity index (χ0) is 6.81. The molecule has 50 valence electrons. The van der Waals surface area contributed by atoms with E-state index in [2.05, 4.69) is 16.6 Å². The summed E-state index contributed by atoms with van der Waals surface area (Å²) in [6.07, 6.45) is 0. The summed E-state index contributed by atoms with van der Waals surface area (Å²) in [4.78, 5) is 1.23. The minimum atomic E-state index is 1.09. The minimum Gasteiger partial charge on any atom is -0.277 e. The molecular formula is C7H6N2S. The van der Waals surface area contributed by atoms with Crippen LogP contribution in [-0.2, 0) is 0 Å². The first-order valence-corrected chi connectivity index (χ1v) is 3.88. The molecule has 2 rings (SSSR count). The van der Waals surface area contributed by atoms with Gasteiger partial charge in [0.2, 0.25) is 0 Å². The molecule has 1 aromatic rings. The largest absolute Gasteiger partial charge is 0.277 e. The Morgan fingerprint density at radius 2 is 2.20 bits per heavy atom. The van der Waals surface area contributed by atoms with Gasteiger partial charge >= 0.3 is 0 Å². The van der Waals surface area contributed by atoms with Gasteiger partial charge in [-0.05, 0) is 12.1 Å². The molecule has 0 saturated heterocycles. The molecule has 0 fully saturated rings. The topological polar surface area (TPSA) is 24.4 Å². The number of para-hydroxylation sites is 1. The summed E-state index contributed by atoms with van der Waals surface area (Å²) in [6.45, 7) is 0. The van der Waals surface area contributed by atoms with Gasteiger partial charge in [0, 0.05) is 4.90 Å². The van der Waals surface area contributed by atoms with Crippen molar-refractivity contribution in [1.29, 1.82) is 0 Å². The van der Waals surface area contributed by atoms with Crippen LogP contribution in [0.15, 0.2) is 34.3 Å². The third-order valence-electron chi connectivity index (χ3n) is 1.30. The third-order valence-corrected chi connectivity index (χ3v) is 2.13. The van der Waals surface area contributed by atoms with Gasteiger partial charge < -0.3 is 0 Å². The molecule has 0 amide bonds. The molecular weight excluding hydrogens is 144 g/mol. The summed E-state index contributed by atoms with van der Waals surface area (Å²) in [6, 6.07) is 8.09. The molecule has 1 aromatic carbocycles. The van der Waals surface area contributed by atoms with Gasteiger partial charge in [-0.15, -0.1) is 0 Å². The number of thioether (sulfide) groups is 1. The molecule has 0 aliphatic carbocycles. The van der Waals surface area contributed by atoms with Gasteiger partial charge in [0.1, 0.15) is 0 Å². The summed E-state index contributed by atoms with van der Waals surface area (Å²) >= 11 is 1.63. The van der Waals surface area contributed by atoms with E-state index in [4.69, 9.17) is 0 Å². The smallest absolute Gasteiger partial charge is 0.0850 e. The fourth-order valence-corrected chi connectivity index (χ4v) is 1.46. The molecule has 10 heavy (non-hydrogen) atoms. The summed E-state index contributed by atoms with van der Waals surface area (Å²) < 4.78 is 0. The van der Waals surface area contributed by atoms with Crippen LogP contribution in [0.25, 0.3) is 0 Å². The van der Waals surface area contributed by atoms with Crippen molar-refractivity contribution in [2.24, 2.45) is 5.10 Å². The Bertz CT molecular complexity index is 243. The van der Waals surface area contributed by atoms with Crippen molar-refractivity contribution < 1.29 is 0 Å². The second kappa shape index (κ2) is 2.34. The minimum absolute atomic E-state index is 1.09. The quantitative estimate of drug-likeness (QED) is 0.612. The van der Waals surface area contributed by atoms with Crippen molar-refractivity contribution in [3.05, 3.63) is 24.3 Å². The van der Waals surface area contributed by atoms with Crippen molar-refractivity contribution in [3.8, 4) is 0 Å². The first-order chi connectivity index (χ1) is 4.97. The third kappa shape index (κ3) is 0.885. The maximum absolute atomic E-state index is 3.91. The highest BCUT2D eigenvalue weighted by atomic mass is 32.2. The lowest BCUT2D eigenvalue weighted by molar-refractivity contribution is 1.29. The molecule has 0 unspecified atom stereocenters. The first kappa shape index (κ1) is 5.80. The van der Waals surface area contributed by atoms with Gasteiger partial charge in [-0.25, -0.2) is 0 Å². The molecule has 0 bridgehead atoms. The van der Waals surface area contributed by atoms with Gasteiger partial charge in [0.15, 0.2) is 0 Å². The molecule has 0 atom stereocenters. The lowest BCUT2D eigenvalue weighted by Gasteiger charge is -2.08. The number of hydrogen-bond donors (Lipinski definition) is 1. The number of fused-ring (bicyclic) bond motifs is 1.